The molecule has 0 N–H and O–H groups in total. The quantitative estimate of drug-likeness (QED) is 0.781. The number of aromatic nitrogens is 2. The van der Waals surface area contributed by atoms with Gasteiger partial charge in [0.15, 0.2) is 5.69 Å². The van der Waals surface area contributed by atoms with Crippen LogP contribution in [0.2, 0.25) is 0 Å². The Labute approximate surface area is 103 Å². The van der Waals surface area contributed by atoms with Crippen LogP contribution in [0.15, 0.2) is 29.8 Å². The van der Waals surface area contributed by atoms with Gasteiger partial charge in [-0.3, -0.25) is 4.98 Å². The Hall–Kier alpha value is -1.75. The molecule has 2 aromatic heterocycles. The first-order valence-corrected chi connectivity index (χ1v) is 6.23. The first kappa shape index (κ1) is 11.7. The van der Waals surface area contributed by atoms with Gasteiger partial charge < -0.3 is 4.74 Å². The smallest absolute Gasteiger partial charge is 0.357 e. The summed E-state index contributed by atoms with van der Waals surface area (Å²) in [6.07, 6.45) is 2.51. The highest BCUT2D eigenvalue weighted by Gasteiger charge is 2.13. The largest absolute Gasteiger partial charge is 0.461 e. The Bertz CT molecular complexity index is 496. The lowest BCUT2D eigenvalue weighted by atomic mass is 10.4. The molecule has 2 rings (SSSR count). The number of hydrogen-bond donors (Lipinski definition) is 0. The van der Waals surface area contributed by atoms with Gasteiger partial charge >= 0.3 is 5.97 Å². The summed E-state index contributed by atoms with van der Waals surface area (Å²) < 4.78 is 5.01. The van der Waals surface area contributed by atoms with Gasteiger partial charge in [-0.2, -0.15) is 0 Å². The second-order valence-electron chi connectivity index (χ2n) is 3.39. The van der Waals surface area contributed by atoms with E-state index in [-0.39, 0.29) is 5.97 Å². The summed E-state index contributed by atoms with van der Waals surface area (Å²) in [6.45, 7) is 2.38. The van der Waals surface area contributed by atoms with Crippen LogP contribution in [0, 0.1) is 0 Å². The molecule has 2 heterocycles. The van der Waals surface area contributed by atoms with Crippen molar-refractivity contribution in [3.8, 4) is 10.7 Å². The summed E-state index contributed by atoms with van der Waals surface area (Å²) in [5, 5.41) is 2.43. The summed E-state index contributed by atoms with van der Waals surface area (Å²) in [5.41, 5.74) is 1.12. The highest BCUT2D eigenvalue weighted by atomic mass is 32.1. The van der Waals surface area contributed by atoms with E-state index in [9.17, 15) is 4.79 Å². The molecule has 0 saturated heterocycles. The molecular formula is C12H12N2O2S. The third-order valence-corrected chi connectivity index (χ3v) is 2.90. The lowest BCUT2D eigenvalue weighted by Crippen LogP contribution is -2.06. The van der Waals surface area contributed by atoms with Gasteiger partial charge in [-0.25, -0.2) is 9.78 Å². The van der Waals surface area contributed by atoms with Crippen molar-refractivity contribution in [2.45, 2.75) is 13.3 Å². The third-order valence-electron chi connectivity index (χ3n) is 2.03. The second kappa shape index (κ2) is 5.54. The van der Waals surface area contributed by atoms with Gasteiger partial charge in [0.05, 0.1) is 12.3 Å². The molecule has 0 fully saturated rings. The molecule has 0 aliphatic rings. The molecule has 2 aromatic rings. The Morgan fingerprint density at radius 3 is 3.06 bits per heavy atom. The summed E-state index contributed by atoms with van der Waals surface area (Å²) in [5.74, 6) is -0.370. The van der Waals surface area contributed by atoms with Gasteiger partial charge in [-0.15, -0.1) is 11.3 Å². The van der Waals surface area contributed by atoms with Crippen LogP contribution >= 0.6 is 11.3 Å². The third kappa shape index (κ3) is 2.88. The molecule has 17 heavy (non-hydrogen) atoms. The van der Waals surface area contributed by atoms with Crippen molar-refractivity contribution in [3.63, 3.8) is 0 Å². The first-order valence-electron chi connectivity index (χ1n) is 5.35. The fraction of sp³-hybridized carbons (Fsp3) is 0.250. The van der Waals surface area contributed by atoms with Crippen LogP contribution in [0.25, 0.3) is 10.7 Å². The summed E-state index contributed by atoms with van der Waals surface area (Å²) in [6, 6.07) is 5.59. The molecule has 4 nitrogen and oxygen atoms in total. The van der Waals surface area contributed by atoms with Gasteiger partial charge in [0.2, 0.25) is 0 Å². The topological polar surface area (TPSA) is 52.1 Å². The van der Waals surface area contributed by atoms with E-state index in [1.54, 1.807) is 11.6 Å². The van der Waals surface area contributed by atoms with Crippen molar-refractivity contribution in [1.82, 2.24) is 9.97 Å². The number of thiazole rings is 1. The number of nitrogens with zero attached hydrogens (tertiary/aromatic N) is 2. The van der Waals surface area contributed by atoms with Crippen molar-refractivity contribution in [1.29, 1.82) is 0 Å². The van der Waals surface area contributed by atoms with Crippen LogP contribution < -0.4 is 0 Å². The maximum Gasteiger partial charge on any atom is 0.357 e. The van der Waals surface area contributed by atoms with Crippen LogP contribution in [0.1, 0.15) is 23.8 Å². The van der Waals surface area contributed by atoms with Crippen LogP contribution in [0.5, 0.6) is 0 Å². The minimum absolute atomic E-state index is 0.351. The monoisotopic (exact) mass is 248 g/mol. The van der Waals surface area contributed by atoms with Crippen molar-refractivity contribution in [2.24, 2.45) is 0 Å². The molecular weight excluding hydrogens is 236 g/mol. The zero-order valence-corrected chi connectivity index (χ0v) is 10.2. The average Bonchev–Trinajstić information content (AvgIpc) is 2.86. The van der Waals surface area contributed by atoms with E-state index in [0.717, 1.165) is 17.1 Å². The fourth-order valence-electron chi connectivity index (χ4n) is 1.24. The van der Waals surface area contributed by atoms with Crippen LogP contribution in [0.3, 0.4) is 0 Å². The van der Waals surface area contributed by atoms with Gasteiger partial charge in [0.1, 0.15) is 5.01 Å². The minimum atomic E-state index is -0.370. The highest BCUT2D eigenvalue weighted by molar-refractivity contribution is 7.13. The van der Waals surface area contributed by atoms with Gasteiger partial charge in [-0.05, 0) is 18.6 Å². The maximum absolute atomic E-state index is 11.5. The molecule has 0 aliphatic heterocycles. The maximum atomic E-state index is 11.5. The molecule has 0 amide bonds. The first-order chi connectivity index (χ1) is 8.31. The predicted octanol–water partition coefficient (Wildman–Crippen LogP) is 2.77. The molecule has 88 valence electrons. The number of esters is 1. The molecule has 0 radical (unpaired) electrons. The summed E-state index contributed by atoms with van der Waals surface area (Å²) in [4.78, 5) is 19.9. The summed E-state index contributed by atoms with van der Waals surface area (Å²) in [7, 11) is 0. The molecule has 0 bridgehead atoms. The lowest BCUT2D eigenvalue weighted by molar-refractivity contribution is 0.0499. The van der Waals surface area contributed by atoms with E-state index in [0.29, 0.717) is 12.3 Å². The Morgan fingerprint density at radius 1 is 1.47 bits per heavy atom. The Kier molecular flexibility index (Phi) is 3.82. The SMILES string of the molecule is CCCOC(=O)c1csc(-c2ccccn2)n1. The van der Waals surface area contributed by atoms with Crippen LogP contribution in [-0.4, -0.2) is 22.5 Å². The molecule has 0 aromatic carbocycles. The lowest BCUT2D eigenvalue weighted by Gasteiger charge is -1.98. The number of carbonyl (C=O) groups excluding carboxylic acids is 1. The summed E-state index contributed by atoms with van der Waals surface area (Å²) >= 11 is 1.39. The van der Waals surface area contributed by atoms with E-state index in [4.69, 9.17) is 4.74 Å². The van der Waals surface area contributed by atoms with E-state index in [1.165, 1.54) is 11.3 Å². The van der Waals surface area contributed by atoms with E-state index in [1.807, 2.05) is 25.1 Å². The highest BCUT2D eigenvalue weighted by Crippen LogP contribution is 2.21. The van der Waals surface area contributed by atoms with Crippen molar-refractivity contribution < 1.29 is 9.53 Å². The molecule has 0 spiro atoms. The molecule has 0 aliphatic carbocycles. The van der Waals surface area contributed by atoms with Crippen LogP contribution in [0.4, 0.5) is 0 Å². The number of rotatable bonds is 4. The van der Waals surface area contributed by atoms with Gasteiger partial charge in [0, 0.05) is 11.6 Å². The minimum Gasteiger partial charge on any atom is -0.461 e. The number of pyridine rings is 1. The van der Waals surface area contributed by atoms with Crippen LogP contribution in [-0.2, 0) is 4.74 Å². The van der Waals surface area contributed by atoms with Crippen molar-refractivity contribution in [3.05, 3.63) is 35.5 Å². The normalized spacial score (nSPS) is 10.2. The molecule has 5 heteroatoms. The molecule has 0 atom stereocenters. The molecule has 0 unspecified atom stereocenters. The average molecular weight is 248 g/mol. The number of hydrogen-bond acceptors (Lipinski definition) is 5. The second-order valence-corrected chi connectivity index (χ2v) is 4.25. The van der Waals surface area contributed by atoms with Gasteiger partial charge in [0.25, 0.3) is 0 Å². The Balaban J connectivity index is 2.14. The number of carbonyl (C=O) groups is 1. The number of ether oxygens (including phenoxy) is 1. The molecule has 0 saturated carbocycles. The van der Waals surface area contributed by atoms with E-state index >= 15 is 0 Å². The van der Waals surface area contributed by atoms with E-state index in [2.05, 4.69) is 9.97 Å². The van der Waals surface area contributed by atoms with Crippen molar-refractivity contribution >= 4 is 17.3 Å². The zero-order valence-electron chi connectivity index (χ0n) is 9.42. The Morgan fingerprint density at radius 2 is 2.35 bits per heavy atom. The van der Waals surface area contributed by atoms with Gasteiger partial charge in [-0.1, -0.05) is 13.0 Å². The zero-order chi connectivity index (χ0) is 12.1. The standard InChI is InChI=1S/C12H12N2O2S/c1-2-7-16-12(15)10-8-17-11(14-10)9-5-3-4-6-13-9/h3-6,8H,2,7H2,1H3. The van der Waals surface area contributed by atoms with Crippen molar-refractivity contribution in [2.75, 3.05) is 6.61 Å². The predicted molar refractivity (Wildman–Crippen MR) is 65.9 cm³/mol. The fourth-order valence-corrected chi connectivity index (χ4v) is 2.01. The van der Waals surface area contributed by atoms with E-state index < -0.39 is 0 Å².